The van der Waals surface area contributed by atoms with Gasteiger partial charge in [-0.1, -0.05) is 42.5 Å². The van der Waals surface area contributed by atoms with Gasteiger partial charge in [-0.15, -0.1) is 0 Å². The van der Waals surface area contributed by atoms with Crippen molar-refractivity contribution in [2.45, 2.75) is 19.9 Å². The molecular weight excluding hydrogens is 326 g/mol. The molecule has 4 heteroatoms. The van der Waals surface area contributed by atoms with Gasteiger partial charge in [-0.3, -0.25) is 4.79 Å². The Hall–Kier alpha value is -3.14. The second-order valence-corrected chi connectivity index (χ2v) is 6.08. The Morgan fingerprint density at radius 2 is 1.69 bits per heavy atom. The van der Waals surface area contributed by atoms with E-state index in [0.29, 0.717) is 18.7 Å². The Balaban J connectivity index is 1.70. The van der Waals surface area contributed by atoms with Crippen LogP contribution >= 0.6 is 0 Å². The fourth-order valence-electron chi connectivity index (χ4n) is 2.81. The molecule has 132 valence electrons. The van der Waals surface area contributed by atoms with Crippen molar-refractivity contribution in [3.8, 4) is 0 Å². The van der Waals surface area contributed by atoms with Gasteiger partial charge in [0.15, 0.2) is 0 Å². The molecule has 26 heavy (non-hydrogen) atoms. The summed E-state index contributed by atoms with van der Waals surface area (Å²) in [5.41, 5.74) is 3.84. The quantitative estimate of drug-likeness (QED) is 0.639. The van der Waals surface area contributed by atoms with Gasteiger partial charge >= 0.3 is 5.97 Å². The van der Waals surface area contributed by atoms with E-state index in [1.54, 1.807) is 35.9 Å². The number of nitrogens with zero attached hydrogens (tertiary/aromatic N) is 1. The molecule has 3 rings (SSSR count). The average Bonchev–Trinajstić information content (AvgIpc) is 2.66. The number of carbonyl (C=O) groups is 1. The predicted molar refractivity (Wildman–Crippen MR) is 101 cm³/mol. The van der Waals surface area contributed by atoms with Crippen molar-refractivity contribution >= 4 is 5.97 Å². The Labute approximate surface area is 152 Å². The summed E-state index contributed by atoms with van der Waals surface area (Å²) in [5.74, 6) is -0.294. The van der Waals surface area contributed by atoms with Crippen molar-refractivity contribution in [2.75, 3.05) is 6.61 Å². The largest absolute Gasteiger partial charge is 0.462 e. The minimum absolute atomic E-state index is 0.00708. The number of carbonyl (C=O) groups excluding carboxylic acids is 1. The van der Waals surface area contributed by atoms with Gasteiger partial charge in [-0.25, -0.2) is 4.79 Å². The Morgan fingerprint density at radius 1 is 0.923 bits per heavy atom. The molecule has 1 heterocycles. The van der Waals surface area contributed by atoms with E-state index in [4.69, 9.17) is 4.74 Å². The molecule has 0 spiro atoms. The van der Waals surface area contributed by atoms with E-state index in [0.717, 1.165) is 23.1 Å². The van der Waals surface area contributed by atoms with Crippen molar-refractivity contribution in [3.63, 3.8) is 0 Å². The first-order valence-corrected chi connectivity index (χ1v) is 8.65. The molecule has 0 aliphatic carbocycles. The summed E-state index contributed by atoms with van der Waals surface area (Å²) in [6.07, 6.45) is 2.52. The first kappa shape index (κ1) is 17.7. The third-order valence-corrected chi connectivity index (χ3v) is 4.12. The Kier molecular flexibility index (Phi) is 5.64. The lowest BCUT2D eigenvalue weighted by Gasteiger charge is -2.08. The Morgan fingerprint density at radius 3 is 2.42 bits per heavy atom. The molecule has 0 aliphatic heterocycles. The zero-order chi connectivity index (χ0) is 18.4. The number of benzene rings is 2. The molecule has 0 N–H and O–H groups in total. The lowest BCUT2D eigenvalue weighted by molar-refractivity contribution is 0.0526. The maximum atomic E-state index is 11.8. The van der Waals surface area contributed by atoms with E-state index < -0.39 is 0 Å². The molecule has 3 aromatic rings. The van der Waals surface area contributed by atoms with Gasteiger partial charge in [-0.2, -0.15) is 0 Å². The summed E-state index contributed by atoms with van der Waals surface area (Å²) in [5, 5.41) is 0. The summed E-state index contributed by atoms with van der Waals surface area (Å²) >= 11 is 0. The molecule has 0 fully saturated rings. The molecule has 0 bridgehead atoms. The van der Waals surface area contributed by atoms with Gasteiger partial charge in [0.2, 0.25) is 0 Å². The Bertz CT molecular complexity index is 942. The number of esters is 1. The monoisotopic (exact) mass is 347 g/mol. The van der Waals surface area contributed by atoms with Crippen LogP contribution in [0.1, 0.15) is 34.0 Å². The summed E-state index contributed by atoms with van der Waals surface area (Å²) in [7, 11) is 0. The maximum Gasteiger partial charge on any atom is 0.338 e. The minimum atomic E-state index is -0.294. The van der Waals surface area contributed by atoms with Crippen molar-refractivity contribution in [3.05, 3.63) is 106 Å². The van der Waals surface area contributed by atoms with Gasteiger partial charge in [-0.05, 0) is 48.2 Å². The van der Waals surface area contributed by atoms with Gasteiger partial charge in [0.25, 0.3) is 5.56 Å². The normalized spacial score (nSPS) is 10.5. The van der Waals surface area contributed by atoms with Gasteiger partial charge < -0.3 is 9.30 Å². The number of hydrogen-bond donors (Lipinski definition) is 0. The zero-order valence-corrected chi connectivity index (χ0v) is 14.7. The fraction of sp³-hybridized carbons (Fsp3) is 0.182. The highest BCUT2D eigenvalue weighted by molar-refractivity contribution is 5.89. The van der Waals surface area contributed by atoms with E-state index in [1.165, 1.54) is 0 Å². The summed E-state index contributed by atoms with van der Waals surface area (Å²) in [6, 6.07) is 20.8. The van der Waals surface area contributed by atoms with Crippen LogP contribution in [0, 0.1) is 0 Å². The second kappa shape index (κ2) is 8.30. The highest BCUT2D eigenvalue weighted by Gasteiger charge is 2.07. The number of pyridine rings is 1. The van der Waals surface area contributed by atoms with Crippen LogP contribution < -0.4 is 5.56 Å². The molecular formula is C22H21NO3. The molecule has 4 nitrogen and oxygen atoms in total. The lowest BCUT2D eigenvalue weighted by atomic mass is 10.0. The van der Waals surface area contributed by atoms with E-state index in [1.807, 2.05) is 36.4 Å². The molecule has 0 amide bonds. The van der Waals surface area contributed by atoms with Crippen molar-refractivity contribution in [2.24, 2.45) is 0 Å². The first-order valence-electron chi connectivity index (χ1n) is 8.65. The summed E-state index contributed by atoms with van der Waals surface area (Å²) in [6.45, 7) is 2.72. The smallest absolute Gasteiger partial charge is 0.338 e. The average molecular weight is 347 g/mol. The van der Waals surface area contributed by atoms with Crippen LogP contribution in [0.5, 0.6) is 0 Å². The lowest BCUT2D eigenvalue weighted by Crippen LogP contribution is -2.18. The van der Waals surface area contributed by atoms with E-state index in [2.05, 4.69) is 12.1 Å². The second-order valence-electron chi connectivity index (χ2n) is 6.08. The number of hydrogen-bond acceptors (Lipinski definition) is 3. The highest BCUT2D eigenvalue weighted by Crippen LogP contribution is 2.14. The van der Waals surface area contributed by atoms with E-state index in [-0.39, 0.29) is 11.5 Å². The van der Waals surface area contributed by atoms with E-state index in [9.17, 15) is 9.59 Å². The summed E-state index contributed by atoms with van der Waals surface area (Å²) in [4.78, 5) is 23.6. The molecule has 0 atom stereocenters. The minimum Gasteiger partial charge on any atom is -0.462 e. The number of aromatic nitrogens is 1. The predicted octanol–water partition coefficient (Wildman–Crippen LogP) is 3.66. The van der Waals surface area contributed by atoms with E-state index >= 15 is 0 Å². The van der Waals surface area contributed by atoms with Crippen LogP contribution in [0.4, 0.5) is 0 Å². The van der Waals surface area contributed by atoms with Crippen molar-refractivity contribution < 1.29 is 9.53 Å². The molecule has 1 aromatic heterocycles. The maximum absolute atomic E-state index is 11.8. The van der Waals surface area contributed by atoms with Gasteiger partial charge in [0, 0.05) is 12.3 Å². The third kappa shape index (κ3) is 4.48. The van der Waals surface area contributed by atoms with Gasteiger partial charge in [0.1, 0.15) is 0 Å². The van der Waals surface area contributed by atoms with Crippen LogP contribution in [0.3, 0.4) is 0 Å². The highest BCUT2D eigenvalue weighted by atomic mass is 16.5. The van der Waals surface area contributed by atoms with Crippen LogP contribution in [-0.2, 0) is 17.7 Å². The topological polar surface area (TPSA) is 48.3 Å². The number of rotatable bonds is 6. The zero-order valence-electron chi connectivity index (χ0n) is 14.7. The van der Waals surface area contributed by atoms with Crippen LogP contribution in [0.15, 0.2) is 77.7 Å². The van der Waals surface area contributed by atoms with Crippen molar-refractivity contribution in [1.29, 1.82) is 0 Å². The van der Waals surface area contributed by atoms with Gasteiger partial charge in [0.05, 0.1) is 18.7 Å². The molecule has 0 saturated heterocycles. The standard InChI is InChI=1S/C22H21NO3/c1-2-26-22(25)20-7-5-6-19(15-20)14-17-9-11-18(12-10-17)16-23-13-4-3-8-21(23)24/h3-13,15H,2,14,16H2,1H3. The molecule has 0 radical (unpaired) electrons. The first-order chi connectivity index (χ1) is 12.7. The van der Waals surface area contributed by atoms with Crippen molar-refractivity contribution in [1.82, 2.24) is 4.57 Å². The SMILES string of the molecule is CCOC(=O)c1cccc(Cc2ccc(Cn3ccccc3=O)cc2)c1. The molecule has 0 unspecified atom stereocenters. The summed E-state index contributed by atoms with van der Waals surface area (Å²) < 4.78 is 6.73. The molecule has 0 aliphatic rings. The molecule has 0 saturated carbocycles. The fourth-order valence-corrected chi connectivity index (χ4v) is 2.81. The van der Waals surface area contributed by atoms with Crippen LogP contribution in [0.2, 0.25) is 0 Å². The molecule has 2 aromatic carbocycles. The van der Waals surface area contributed by atoms with Crippen LogP contribution in [-0.4, -0.2) is 17.1 Å². The van der Waals surface area contributed by atoms with Crippen LogP contribution in [0.25, 0.3) is 0 Å². The third-order valence-electron chi connectivity index (χ3n) is 4.12. The number of ether oxygens (including phenoxy) is 1.